The number of thiophene rings is 1. The lowest BCUT2D eigenvalue weighted by Gasteiger charge is -2.33. The maximum atomic E-state index is 4.36. The van der Waals surface area contributed by atoms with E-state index in [0.717, 1.165) is 38.4 Å². The molecule has 4 nitrogen and oxygen atoms in total. The lowest BCUT2D eigenvalue weighted by molar-refractivity contribution is 0.190. The van der Waals surface area contributed by atoms with Gasteiger partial charge in [0.25, 0.3) is 0 Å². The number of pyridine rings is 1. The fourth-order valence-corrected chi connectivity index (χ4v) is 4.65. The standard InChI is InChI=1S/C16H18N4S2/c1-3-14-13(11-18-16(14)17-5-1)12-19-6-8-20(9-7-19)22-15-4-2-10-21-15/h1-5,10-11H,6-9,12H2,(H,17,18). The van der Waals surface area contributed by atoms with Crippen LogP contribution in [-0.2, 0) is 6.54 Å². The number of aromatic amines is 1. The Kier molecular flexibility index (Phi) is 4.16. The molecule has 1 aliphatic heterocycles. The Morgan fingerprint density at radius 3 is 2.91 bits per heavy atom. The summed E-state index contributed by atoms with van der Waals surface area (Å²) >= 11 is 3.71. The Labute approximate surface area is 138 Å². The number of hydrogen-bond donors (Lipinski definition) is 1. The van der Waals surface area contributed by atoms with Crippen LogP contribution in [0.3, 0.4) is 0 Å². The molecule has 6 heteroatoms. The average Bonchev–Trinajstić information content (AvgIpc) is 3.20. The summed E-state index contributed by atoms with van der Waals surface area (Å²) in [5.41, 5.74) is 2.34. The van der Waals surface area contributed by atoms with Crippen molar-refractivity contribution in [2.45, 2.75) is 10.8 Å². The fourth-order valence-electron chi connectivity index (χ4n) is 2.81. The van der Waals surface area contributed by atoms with E-state index in [9.17, 15) is 0 Å². The average molecular weight is 330 g/mol. The van der Waals surface area contributed by atoms with Crippen molar-refractivity contribution in [2.75, 3.05) is 26.2 Å². The van der Waals surface area contributed by atoms with Crippen molar-refractivity contribution in [2.24, 2.45) is 0 Å². The van der Waals surface area contributed by atoms with E-state index in [0.29, 0.717) is 0 Å². The van der Waals surface area contributed by atoms with Crippen LogP contribution in [-0.4, -0.2) is 45.4 Å². The van der Waals surface area contributed by atoms with Gasteiger partial charge in [0.2, 0.25) is 0 Å². The third-order valence-corrected chi connectivity index (χ3v) is 6.09. The molecule has 0 bridgehead atoms. The molecule has 3 aromatic heterocycles. The quantitative estimate of drug-likeness (QED) is 0.743. The van der Waals surface area contributed by atoms with E-state index in [2.05, 4.69) is 48.9 Å². The molecule has 1 N–H and O–H groups in total. The van der Waals surface area contributed by atoms with E-state index in [4.69, 9.17) is 0 Å². The zero-order chi connectivity index (χ0) is 14.8. The van der Waals surface area contributed by atoms with Crippen molar-refractivity contribution in [1.29, 1.82) is 0 Å². The molecule has 22 heavy (non-hydrogen) atoms. The van der Waals surface area contributed by atoms with Gasteiger partial charge in [0, 0.05) is 50.5 Å². The SMILES string of the molecule is c1csc(SN2CCN(Cc3c[nH]c4ncccc34)CC2)c1. The molecule has 0 aromatic carbocycles. The van der Waals surface area contributed by atoms with E-state index in [1.54, 1.807) is 0 Å². The van der Waals surface area contributed by atoms with Crippen LogP contribution >= 0.6 is 23.3 Å². The van der Waals surface area contributed by atoms with Gasteiger partial charge in [0.1, 0.15) is 5.65 Å². The number of fused-ring (bicyclic) bond motifs is 1. The van der Waals surface area contributed by atoms with Gasteiger partial charge < -0.3 is 4.98 Å². The molecule has 0 unspecified atom stereocenters. The monoisotopic (exact) mass is 330 g/mol. The minimum atomic E-state index is 0.990. The largest absolute Gasteiger partial charge is 0.346 e. The minimum absolute atomic E-state index is 0.990. The van der Waals surface area contributed by atoms with Gasteiger partial charge >= 0.3 is 0 Å². The summed E-state index contributed by atoms with van der Waals surface area (Å²) in [5, 5.41) is 3.39. The smallest absolute Gasteiger partial charge is 0.137 e. The van der Waals surface area contributed by atoms with Crippen molar-refractivity contribution in [3.63, 3.8) is 0 Å². The van der Waals surface area contributed by atoms with Gasteiger partial charge in [-0.15, -0.1) is 11.3 Å². The Balaban J connectivity index is 1.36. The topological polar surface area (TPSA) is 35.2 Å². The van der Waals surface area contributed by atoms with Crippen LogP contribution in [0.15, 0.2) is 46.2 Å². The predicted octanol–water partition coefficient (Wildman–Crippen LogP) is 3.45. The Morgan fingerprint density at radius 1 is 1.18 bits per heavy atom. The maximum absolute atomic E-state index is 4.36. The second-order valence-corrected chi connectivity index (χ2v) is 7.79. The van der Waals surface area contributed by atoms with Gasteiger partial charge in [0.15, 0.2) is 0 Å². The van der Waals surface area contributed by atoms with Crippen molar-refractivity contribution in [3.8, 4) is 0 Å². The Bertz CT molecular complexity index is 730. The molecule has 3 aromatic rings. The molecule has 0 saturated carbocycles. The second-order valence-electron chi connectivity index (χ2n) is 5.44. The lowest BCUT2D eigenvalue weighted by atomic mass is 10.2. The highest BCUT2D eigenvalue weighted by Gasteiger charge is 2.19. The van der Waals surface area contributed by atoms with Gasteiger partial charge in [0.05, 0.1) is 4.21 Å². The summed E-state index contributed by atoms with van der Waals surface area (Å²) in [5.74, 6) is 0. The molecule has 4 rings (SSSR count). The van der Waals surface area contributed by atoms with E-state index >= 15 is 0 Å². The van der Waals surface area contributed by atoms with Gasteiger partial charge in [-0.05, 0) is 41.1 Å². The molecule has 114 valence electrons. The van der Waals surface area contributed by atoms with Crippen LogP contribution in [0.4, 0.5) is 0 Å². The maximum Gasteiger partial charge on any atom is 0.137 e. The van der Waals surface area contributed by atoms with Crippen LogP contribution in [0.25, 0.3) is 11.0 Å². The third-order valence-electron chi connectivity index (χ3n) is 3.98. The summed E-state index contributed by atoms with van der Waals surface area (Å²) < 4.78 is 3.86. The van der Waals surface area contributed by atoms with Crippen LogP contribution < -0.4 is 0 Å². The van der Waals surface area contributed by atoms with Crippen LogP contribution in [0, 0.1) is 0 Å². The highest BCUT2D eigenvalue weighted by atomic mass is 32.2. The molecule has 1 aliphatic rings. The van der Waals surface area contributed by atoms with Crippen molar-refractivity contribution in [3.05, 3.63) is 47.6 Å². The molecule has 4 heterocycles. The third kappa shape index (κ3) is 3.05. The summed E-state index contributed by atoms with van der Waals surface area (Å²) in [6.07, 6.45) is 3.94. The molecular formula is C16H18N4S2. The van der Waals surface area contributed by atoms with Crippen LogP contribution in [0.5, 0.6) is 0 Å². The van der Waals surface area contributed by atoms with Crippen molar-refractivity contribution in [1.82, 2.24) is 19.2 Å². The Morgan fingerprint density at radius 2 is 2.09 bits per heavy atom. The number of H-pyrrole nitrogens is 1. The highest BCUT2D eigenvalue weighted by molar-refractivity contribution is 7.98. The first-order valence-corrected chi connectivity index (χ1v) is 9.13. The van der Waals surface area contributed by atoms with Crippen molar-refractivity contribution >= 4 is 34.3 Å². The fraction of sp³-hybridized carbons (Fsp3) is 0.312. The van der Waals surface area contributed by atoms with Gasteiger partial charge in [-0.3, -0.25) is 4.90 Å². The number of nitrogens with zero attached hydrogens (tertiary/aromatic N) is 3. The summed E-state index contributed by atoms with van der Waals surface area (Å²) in [7, 11) is 0. The van der Waals surface area contributed by atoms with Gasteiger partial charge in [-0.2, -0.15) is 0 Å². The van der Waals surface area contributed by atoms with Crippen LogP contribution in [0.2, 0.25) is 0 Å². The van der Waals surface area contributed by atoms with E-state index < -0.39 is 0 Å². The number of hydrogen-bond acceptors (Lipinski definition) is 5. The first kappa shape index (κ1) is 14.3. The van der Waals surface area contributed by atoms with Gasteiger partial charge in [-0.25, -0.2) is 9.29 Å². The molecular weight excluding hydrogens is 312 g/mol. The number of nitrogens with one attached hydrogen (secondary N) is 1. The zero-order valence-electron chi connectivity index (χ0n) is 12.2. The molecule has 0 amide bonds. The van der Waals surface area contributed by atoms with E-state index in [1.165, 1.54) is 15.2 Å². The number of piperazine rings is 1. The number of rotatable bonds is 4. The van der Waals surface area contributed by atoms with Crippen LogP contribution in [0.1, 0.15) is 5.56 Å². The normalized spacial score (nSPS) is 17.3. The van der Waals surface area contributed by atoms with Crippen molar-refractivity contribution < 1.29 is 0 Å². The highest BCUT2D eigenvalue weighted by Crippen LogP contribution is 2.28. The lowest BCUT2D eigenvalue weighted by Crippen LogP contribution is -2.42. The summed E-state index contributed by atoms with van der Waals surface area (Å²) in [6.45, 7) is 5.46. The first-order chi connectivity index (χ1) is 10.9. The first-order valence-electron chi connectivity index (χ1n) is 7.48. The van der Waals surface area contributed by atoms with E-state index in [1.807, 2.05) is 35.5 Å². The molecule has 1 fully saturated rings. The minimum Gasteiger partial charge on any atom is -0.346 e. The summed E-state index contributed by atoms with van der Waals surface area (Å²) in [6, 6.07) is 8.47. The predicted molar refractivity (Wildman–Crippen MR) is 93.1 cm³/mol. The molecule has 0 aliphatic carbocycles. The number of aromatic nitrogens is 2. The zero-order valence-corrected chi connectivity index (χ0v) is 13.9. The van der Waals surface area contributed by atoms with E-state index in [-0.39, 0.29) is 0 Å². The molecule has 0 radical (unpaired) electrons. The molecule has 1 saturated heterocycles. The van der Waals surface area contributed by atoms with Gasteiger partial charge in [-0.1, -0.05) is 6.07 Å². The molecule has 0 atom stereocenters. The summed E-state index contributed by atoms with van der Waals surface area (Å²) in [4.78, 5) is 10.2. The second kappa shape index (κ2) is 6.42. The molecule has 0 spiro atoms. The Hall–Kier alpha value is -1.34.